The Balaban J connectivity index is 1.08. The van der Waals surface area contributed by atoms with E-state index in [0.29, 0.717) is 23.1 Å². The summed E-state index contributed by atoms with van der Waals surface area (Å²) in [5, 5.41) is 6.74. The molecule has 0 saturated carbocycles. The highest BCUT2D eigenvalue weighted by molar-refractivity contribution is 6.04. The van der Waals surface area contributed by atoms with Crippen molar-refractivity contribution in [2.45, 2.75) is 51.0 Å². The molecule has 1 fully saturated rings. The molecule has 1 saturated heterocycles. The normalized spacial score (nSPS) is 18.2. The van der Waals surface area contributed by atoms with Gasteiger partial charge in [0, 0.05) is 36.1 Å². The van der Waals surface area contributed by atoms with E-state index in [1.165, 1.54) is 50.6 Å². The van der Waals surface area contributed by atoms with Crippen molar-refractivity contribution in [2.24, 2.45) is 0 Å². The predicted octanol–water partition coefficient (Wildman–Crippen LogP) is 5.12. The van der Waals surface area contributed by atoms with Crippen molar-refractivity contribution in [3.63, 3.8) is 0 Å². The van der Waals surface area contributed by atoms with Gasteiger partial charge in [0.1, 0.15) is 0 Å². The number of piperidine rings is 1. The molecule has 0 atom stereocenters. The van der Waals surface area contributed by atoms with Gasteiger partial charge in [-0.15, -0.1) is 0 Å². The Morgan fingerprint density at radius 1 is 1.00 bits per heavy atom. The summed E-state index contributed by atoms with van der Waals surface area (Å²) in [5.74, 6) is 1.13. The molecule has 5 rings (SSSR count). The summed E-state index contributed by atoms with van der Waals surface area (Å²) in [4.78, 5) is 15.0. The number of fused-ring (bicyclic) bond motifs is 1. The van der Waals surface area contributed by atoms with Crippen LogP contribution in [-0.2, 0) is 0 Å². The van der Waals surface area contributed by atoms with Crippen molar-refractivity contribution in [3.05, 3.63) is 59.7 Å². The van der Waals surface area contributed by atoms with Gasteiger partial charge in [-0.3, -0.25) is 4.79 Å². The molecule has 2 aliphatic heterocycles. The molecule has 6 nitrogen and oxygen atoms in total. The lowest BCUT2D eigenvalue weighted by Crippen LogP contribution is -2.42. The first-order chi connectivity index (χ1) is 16.2. The van der Waals surface area contributed by atoms with E-state index in [0.717, 1.165) is 25.3 Å². The van der Waals surface area contributed by atoms with Gasteiger partial charge in [0.05, 0.1) is 0 Å². The number of hydrogen-bond donors (Lipinski definition) is 2. The van der Waals surface area contributed by atoms with Crippen LogP contribution in [0.5, 0.6) is 11.5 Å². The van der Waals surface area contributed by atoms with Crippen molar-refractivity contribution in [1.82, 2.24) is 5.32 Å². The number of carbonyl (C=O) groups excluding carboxylic acids is 1. The zero-order valence-corrected chi connectivity index (χ0v) is 19.1. The zero-order chi connectivity index (χ0) is 22.5. The van der Waals surface area contributed by atoms with Crippen LogP contribution in [-0.4, -0.2) is 38.4 Å². The predicted molar refractivity (Wildman–Crippen MR) is 131 cm³/mol. The first-order valence-corrected chi connectivity index (χ1v) is 12.2. The monoisotopic (exact) mass is 447 g/mol. The molecule has 0 aromatic heterocycles. The number of carbonyl (C=O) groups is 1. The first kappa shape index (κ1) is 21.8. The van der Waals surface area contributed by atoms with Crippen LogP contribution in [0.3, 0.4) is 0 Å². The van der Waals surface area contributed by atoms with Crippen molar-refractivity contribution in [1.29, 1.82) is 0 Å². The summed E-state index contributed by atoms with van der Waals surface area (Å²) in [6, 6.07) is 14.0. The summed E-state index contributed by atoms with van der Waals surface area (Å²) in [6.07, 6.45) is 11.3. The molecule has 6 heteroatoms. The topological polar surface area (TPSA) is 62.8 Å². The minimum absolute atomic E-state index is 0.156. The number of nitrogens with one attached hydrogen (secondary N) is 2. The first-order valence-electron chi connectivity index (χ1n) is 12.2. The van der Waals surface area contributed by atoms with Crippen LogP contribution in [0.1, 0.15) is 55.3 Å². The molecule has 0 radical (unpaired) electrons. The van der Waals surface area contributed by atoms with Crippen LogP contribution < -0.4 is 25.0 Å². The molecule has 2 heterocycles. The molecule has 3 aliphatic rings. The van der Waals surface area contributed by atoms with Crippen molar-refractivity contribution in [3.8, 4) is 11.5 Å². The number of hydrogen-bond acceptors (Lipinski definition) is 5. The third-order valence-corrected chi connectivity index (χ3v) is 6.88. The third kappa shape index (κ3) is 5.50. The molecular formula is C27H33N3O3. The molecule has 174 valence electrons. The average molecular weight is 448 g/mol. The molecule has 33 heavy (non-hydrogen) atoms. The Hall–Kier alpha value is -2.99. The fourth-order valence-electron chi connectivity index (χ4n) is 4.91. The number of nitrogens with zero attached hydrogens (tertiary/aromatic N) is 1. The fourth-order valence-corrected chi connectivity index (χ4v) is 4.91. The van der Waals surface area contributed by atoms with Gasteiger partial charge in [0.2, 0.25) is 6.79 Å². The number of ether oxygens (including phenoxy) is 2. The zero-order valence-electron chi connectivity index (χ0n) is 19.1. The Kier molecular flexibility index (Phi) is 6.81. The quantitative estimate of drug-likeness (QED) is 0.577. The van der Waals surface area contributed by atoms with Gasteiger partial charge in [0.25, 0.3) is 5.91 Å². The number of benzene rings is 2. The standard InChI is InChI=1S/C27H33N3O3/c31-27(21-6-11-25-26(18-21)33-19-32-25)29-23-7-9-24(10-8-23)30-16-13-22(14-17-30)28-15-12-20-4-2-1-3-5-20/h4,6-11,18,22,28H,1-3,5,12-17,19H2,(H,29,31). The highest BCUT2D eigenvalue weighted by Crippen LogP contribution is 2.32. The number of anilines is 2. The Labute approximate surface area is 196 Å². The maximum Gasteiger partial charge on any atom is 0.255 e. The van der Waals surface area contributed by atoms with Gasteiger partial charge in [-0.25, -0.2) is 0 Å². The summed E-state index contributed by atoms with van der Waals surface area (Å²) in [5.41, 5.74) is 4.20. The van der Waals surface area contributed by atoms with Crippen molar-refractivity contribution in [2.75, 3.05) is 36.6 Å². The lowest BCUT2D eigenvalue weighted by molar-refractivity contribution is 0.102. The second-order valence-electron chi connectivity index (χ2n) is 9.14. The Morgan fingerprint density at radius 2 is 1.82 bits per heavy atom. The maximum absolute atomic E-state index is 12.6. The number of allylic oxidation sites excluding steroid dienone is 1. The van der Waals surface area contributed by atoms with E-state index in [1.54, 1.807) is 23.8 Å². The molecule has 2 N–H and O–H groups in total. The Bertz CT molecular complexity index is 994. The van der Waals surface area contributed by atoms with E-state index in [2.05, 4.69) is 33.7 Å². The molecule has 0 bridgehead atoms. The van der Waals surface area contributed by atoms with Gasteiger partial charge < -0.3 is 25.0 Å². The van der Waals surface area contributed by atoms with Crippen LogP contribution in [0.4, 0.5) is 11.4 Å². The van der Waals surface area contributed by atoms with Crippen molar-refractivity contribution < 1.29 is 14.3 Å². The van der Waals surface area contributed by atoms with Crippen LogP contribution in [0.15, 0.2) is 54.1 Å². The van der Waals surface area contributed by atoms with Gasteiger partial charge in [-0.1, -0.05) is 11.6 Å². The number of amides is 1. The SMILES string of the molecule is O=C(Nc1ccc(N2CCC(NCCC3=CCCCC3)CC2)cc1)c1ccc2c(c1)OCO2. The molecule has 2 aromatic rings. The highest BCUT2D eigenvalue weighted by Gasteiger charge is 2.20. The number of rotatable bonds is 7. The van der Waals surface area contributed by atoms with Gasteiger partial charge in [-0.2, -0.15) is 0 Å². The van der Waals surface area contributed by atoms with Crippen LogP contribution in [0.25, 0.3) is 0 Å². The average Bonchev–Trinajstić information content (AvgIpc) is 3.34. The smallest absolute Gasteiger partial charge is 0.255 e. The molecule has 0 spiro atoms. The molecule has 0 unspecified atom stereocenters. The minimum Gasteiger partial charge on any atom is -0.454 e. The minimum atomic E-state index is -0.156. The van der Waals surface area contributed by atoms with Gasteiger partial charge in [0.15, 0.2) is 11.5 Å². The molecule has 1 amide bonds. The van der Waals surface area contributed by atoms with Gasteiger partial charge in [-0.05, 0) is 94.0 Å². The molecule has 1 aliphatic carbocycles. The summed E-state index contributed by atoms with van der Waals surface area (Å²) in [7, 11) is 0. The largest absolute Gasteiger partial charge is 0.454 e. The van der Waals surface area contributed by atoms with E-state index >= 15 is 0 Å². The van der Waals surface area contributed by atoms with E-state index in [-0.39, 0.29) is 12.7 Å². The molecule has 2 aromatic carbocycles. The van der Waals surface area contributed by atoms with E-state index < -0.39 is 0 Å². The van der Waals surface area contributed by atoms with Gasteiger partial charge >= 0.3 is 0 Å². The fraction of sp³-hybridized carbons (Fsp3) is 0.444. The second kappa shape index (κ2) is 10.3. The van der Waals surface area contributed by atoms with Crippen LogP contribution in [0.2, 0.25) is 0 Å². The highest BCUT2D eigenvalue weighted by atomic mass is 16.7. The third-order valence-electron chi connectivity index (χ3n) is 6.88. The maximum atomic E-state index is 12.6. The lowest BCUT2D eigenvalue weighted by Gasteiger charge is -2.34. The van der Waals surface area contributed by atoms with E-state index in [4.69, 9.17) is 9.47 Å². The summed E-state index contributed by atoms with van der Waals surface area (Å²) >= 11 is 0. The molecular weight excluding hydrogens is 414 g/mol. The van der Waals surface area contributed by atoms with Crippen LogP contribution >= 0.6 is 0 Å². The van der Waals surface area contributed by atoms with Crippen molar-refractivity contribution >= 4 is 17.3 Å². The van der Waals surface area contributed by atoms with E-state index in [1.807, 2.05) is 12.1 Å². The Morgan fingerprint density at radius 3 is 2.61 bits per heavy atom. The van der Waals surface area contributed by atoms with Crippen LogP contribution in [0, 0.1) is 0 Å². The van der Waals surface area contributed by atoms with E-state index in [9.17, 15) is 4.79 Å². The summed E-state index contributed by atoms with van der Waals surface area (Å²) < 4.78 is 10.7. The second-order valence-corrected chi connectivity index (χ2v) is 9.14. The summed E-state index contributed by atoms with van der Waals surface area (Å²) in [6.45, 7) is 3.42. The lowest BCUT2D eigenvalue weighted by atomic mass is 9.97.